The largest absolute Gasteiger partial charge is 0.369 e. The molecule has 0 saturated carbocycles. The molecule has 0 amide bonds. The third-order valence-corrected chi connectivity index (χ3v) is 1.26. The molecule has 0 aliphatic carbocycles. The van der Waals surface area contributed by atoms with Crippen LogP contribution in [0.5, 0.6) is 0 Å². The molecule has 11 heavy (non-hydrogen) atoms. The van der Waals surface area contributed by atoms with E-state index in [-0.39, 0.29) is 11.9 Å². The maximum atomic E-state index is 8.46. The molecule has 7 heteroatoms. The quantitative estimate of drug-likeness (QED) is 0.209. The predicted octanol–water partition coefficient (Wildman–Crippen LogP) is -0.194. The van der Waals surface area contributed by atoms with Crippen molar-refractivity contribution in [3.05, 3.63) is 0 Å². The number of hydrogen-bond donors (Lipinski definition) is 4. The molecule has 0 fully saturated rings. The lowest BCUT2D eigenvalue weighted by atomic mass is 10.5. The third-order valence-electron chi connectivity index (χ3n) is 0.998. The van der Waals surface area contributed by atoms with Crippen LogP contribution in [0.4, 0.5) is 0 Å². The van der Waals surface area contributed by atoms with E-state index in [1.807, 2.05) is 0 Å². The average Bonchev–Trinajstić information content (AvgIpc) is 1.87. The fourth-order valence-corrected chi connectivity index (χ4v) is 0.635. The van der Waals surface area contributed by atoms with Gasteiger partial charge in [-0.05, 0) is 6.42 Å². The van der Waals surface area contributed by atoms with Gasteiger partial charge in [0.1, 0.15) is 0 Å². The topological polar surface area (TPSA) is 96.8 Å². The summed E-state index contributed by atoms with van der Waals surface area (Å²) in [5.41, 5.74) is 4.98. The fraction of sp³-hybridized carbons (Fsp3) is 0.750. The number of alkyl halides is 1. The van der Waals surface area contributed by atoms with Crippen LogP contribution >= 0.6 is 11.6 Å². The minimum atomic E-state index is -0.444. The normalized spacial score (nSPS) is 10.2. The Hall–Kier alpha value is -0.560. The zero-order valence-electron chi connectivity index (χ0n) is 5.87. The second-order valence-corrected chi connectivity index (χ2v) is 2.20. The molecule has 0 aliphatic heterocycles. The van der Waals surface area contributed by atoms with Gasteiger partial charge in [0.25, 0.3) is 0 Å². The average molecular weight is 183 g/mol. The Morgan fingerprint density at radius 1 is 1.55 bits per heavy atom. The van der Waals surface area contributed by atoms with Crippen LogP contribution in [0.1, 0.15) is 6.42 Å². The summed E-state index contributed by atoms with van der Waals surface area (Å²) < 4.78 is 0. The molecular weight excluding hydrogens is 172 g/mol. The zero-order valence-corrected chi connectivity index (χ0v) is 6.62. The van der Waals surface area contributed by atoms with Crippen LogP contribution in [0.15, 0.2) is 0 Å². The Bertz CT molecular complexity index is 131. The second kappa shape index (κ2) is 5.14. The molecule has 0 atom stereocenters. The Balaban J connectivity index is 3.80. The summed E-state index contributed by atoms with van der Waals surface area (Å²) in [4.78, 5) is 0. The Morgan fingerprint density at radius 2 is 2.09 bits per heavy atom. The molecule has 0 saturated heterocycles. The number of guanidine groups is 1. The molecule has 0 aliphatic rings. The van der Waals surface area contributed by atoms with E-state index in [0.717, 1.165) is 5.01 Å². The van der Waals surface area contributed by atoms with Gasteiger partial charge < -0.3 is 5.73 Å². The second-order valence-electron chi connectivity index (χ2n) is 1.82. The maximum absolute atomic E-state index is 8.46. The van der Waals surface area contributed by atoms with Gasteiger partial charge in [0.15, 0.2) is 0 Å². The number of hydrogen-bond acceptors (Lipinski definition) is 4. The number of hydrazine groups is 1. The molecule has 0 unspecified atom stereocenters. The summed E-state index contributed by atoms with van der Waals surface area (Å²) in [5.74, 6) is -0.0717. The first kappa shape index (κ1) is 10.4. The molecule has 6 nitrogen and oxygen atoms in total. The lowest BCUT2D eigenvalue weighted by molar-refractivity contribution is -0.397. The van der Waals surface area contributed by atoms with E-state index in [0.29, 0.717) is 12.3 Å². The van der Waals surface area contributed by atoms with Gasteiger partial charge in [-0.1, -0.05) is 0 Å². The van der Waals surface area contributed by atoms with E-state index < -0.39 is 5.96 Å². The van der Waals surface area contributed by atoms with E-state index in [1.165, 1.54) is 0 Å². The number of nitrogens with zero attached hydrogens (tertiary/aromatic N) is 2. The fourth-order valence-electron chi connectivity index (χ4n) is 0.516. The highest BCUT2D eigenvalue weighted by Gasteiger charge is 2.10. The molecule has 0 spiro atoms. The highest BCUT2D eigenvalue weighted by molar-refractivity contribution is 6.17. The van der Waals surface area contributed by atoms with Gasteiger partial charge in [-0.2, -0.15) is 0 Å². The number of halogens is 1. The van der Waals surface area contributed by atoms with Gasteiger partial charge in [-0.15, -0.1) is 11.6 Å². The summed E-state index contributed by atoms with van der Waals surface area (Å²) in [5, 5.41) is 24.3. The molecule has 66 valence electrons. The summed E-state index contributed by atoms with van der Waals surface area (Å²) in [7, 11) is 0. The number of nitrogens with one attached hydrogen (secondary N) is 1. The van der Waals surface area contributed by atoms with Crippen LogP contribution in [0.2, 0.25) is 0 Å². The standard InChI is InChI=1S/C4H11ClN4O2/c5-2-1-3-8(4(6)7)9(10)11/h10-11H,1-3H2,(H3,6,7). The summed E-state index contributed by atoms with van der Waals surface area (Å²) >= 11 is 5.34. The predicted molar refractivity (Wildman–Crippen MR) is 39.4 cm³/mol. The van der Waals surface area contributed by atoms with Crippen LogP contribution in [0.3, 0.4) is 0 Å². The van der Waals surface area contributed by atoms with Gasteiger partial charge in [0.05, 0.1) is 0 Å². The zero-order chi connectivity index (χ0) is 8.85. The molecule has 0 rings (SSSR count). The Labute approximate surface area is 69.1 Å². The first-order valence-electron chi connectivity index (χ1n) is 2.95. The van der Waals surface area contributed by atoms with Crippen LogP contribution in [-0.2, 0) is 0 Å². The minimum Gasteiger partial charge on any atom is -0.369 e. The van der Waals surface area contributed by atoms with Gasteiger partial charge in [-0.25, -0.2) is 5.01 Å². The molecule has 0 aromatic carbocycles. The van der Waals surface area contributed by atoms with Crippen LogP contribution in [-0.4, -0.2) is 39.1 Å². The lowest BCUT2D eigenvalue weighted by Crippen LogP contribution is -2.46. The van der Waals surface area contributed by atoms with Gasteiger partial charge in [0.2, 0.25) is 5.96 Å². The van der Waals surface area contributed by atoms with Gasteiger partial charge >= 0.3 is 0 Å². The van der Waals surface area contributed by atoms with Crippen molar-refractivity contribution in [3.8, 4) is 0 Å². The van der Waals surface area contributed by atoms with Crippen molar-refractivity contribution in [2.75, 3.05) is 12.4 Å². The minimum absolute atomic E-state index is 0.200. The van der Waals surface area contributed by atoms with Crippen LogP contribution in [0.25, 0.3) is 0 Å². The van der Waals surface area contributed by atoms with Crippen molar-refractivity contribution in [3.63, 3.8) is 0 Å². The molecule has 0 heterocycles. The van der Waals surface area contributed by atoms with Gasteiger partial charge in [0, 0.05) is 17.8 Å². The monoisotopic (exact) mass is 182 g/mol. The van der Waals surface area contributed by atoms with Crippen LogP contribution in [0, 0.1) is 5.41 Å². The first-order valence-corrected chi connectivity index (χ1v) is 3.48. The van der Waals surface area contributed by atoms with Crippen LogP contribution < -0.4 is 5.73 Å². The summed E-state index contributed by atoms with van der Waals surface area (Å²) in [6.45, 7) is 0.200. The SMILES string of the molecule is N=C(N)N(CCCCl)N(O)O. The van der Waals surface area contributed by atoms with Crippen molar-refractivity contribution < 1.29 is 10.4 Å². The van der Waals surface area contributed by atoms with Crippen molar-refractivity contribution in [2.24, 2.45) is 5.73 Å². The number of nitrogens with two attached hydrogens (primary N) is 1. The summed E-state index contributed by atoms with van der Waals surface area (Å²) in [6.07, 6.45) is 0.513. The number of rotatable bonds is 4. The van der Waals surface area contributed by atoms with E-state index in [2.05, 4.69) is 0 Å². The van der Waals surface area contributed by atoms with E-state index in [4.69, 9.17) is 33.2 Å². The molecular formula is C4H11ClN4O2. The molecule has 0 radical (unpaired) electrons. The lowest BCUT2D eigenvalue weighted by Gasteiger charge is -2.23. The van der Waals surface area contributed by atoms with Crippen molar-refractivity contribution in [1.82, 2.24) is 10.3 Å². The molecule has 0 aromatic rings. The third kappa shape index (κ3) is 3.99. The highest BCUT2D eigenvalue weighted by Crippen LogP contribution is 1.93. The Kier molecular flexibility index (Phi) is 4.88. The first-order chi connectivity index (χ1) is 5.09. The maximum Gasteiger partial charge on any atom is 0.207 e. The summed E-state index contributed by atoms with van der Waals surface area (Å²) in [6, 6.07) is 0. The Morgan fingerprint density at radius 3 is 2.36 bits per heavy atom. The van der Waals surface area contributed by atoms with E-state index >= 15 is 0 Å². The van der Waals surface area contributed by atoms with E-state index in [1.54, 1.807) is 0 Å². The highest BCUT2D eigenvalue weighted by atomic mass is 35.5. The van der Waals surface area contributed by atoms with Crippen molar-refractivity contribution in [2.45, 2.75) is 6.42 Å². The molecule has 0 bridgehead atoms. The van der Waals surface area contributed by atoms with E-state index in [9.17, 15) is 0 Å². The van der Waals surface area contributed by atoms with Crippen molar-refractivity contribution in [1.29, 1.82) is 5.41 Å². The van der Waals surface area contributed by atoms with Crippen molar-refractivity contribution >= 4 is 17.6 Å². The van der Waals surface area contributed by atoms with Gasteiger partial charge in [-0.3, -0.25) is 15.8 Å². The molecule has 5 N–H and O–H groups in total. The smallest absolute Gasteiger partial charge is 0.207 e. The molecule has 0 aromatic heterocycles.